The molecule has 0 bridgehead atoms. The number of hydrogen-bond acceptors (Lipinski definition) is 3. The van der Waals surface area contributed by atoms with Crippen molar-refractivity contribution < 1.29 is 9.13 Å². The van der Waals surface area contributed by atoms with Crippen molar-refractivity contribution in [2.75, 3.05) is 7.05 Å². The number of halogens is 1. The summed E-state index contributed by atoms with van der Waals surface area (Å²) in [5, 5.41) is 3.04. The van der Waals surface area contributed by atoms with Gasteiger partial charge in [-0.3, -0.25) is 4.98 Å². The van der Waals surface area contributed by atoms with Gasteiger partial charge in [-0.15, -0.1) is 0 Å². The number of hydrogen-bond donors (Lipinski definition) is 1. The standard InChI is InChI=1S/C14H15FN2O/c1-16-8-12-9-17-7-6-14(12)18-10-11-4-2-3-5-13(11)15/h2-7,9,16H,8,10H2,1H3. The fraction of sp³-hybridized carbons (Fsp3) is 0.214. The van der Waals surface area contributed by atoms with Crippen LogP contribution in [0.5, 0.6) is 5.75 Å². The normalized spacial score (nSPS) is 10.3. The molecule has 0 fully saturated rings. The number of nitrogens with one attached hydrogen (secondary N) is 1. The molecule has 0 saturated heterocycles. The van der Waals surface area contributed by atoms with E-state index >= 15 is 0 Å². The average molecular weight is 246 g/mol. The van der Waals surface area contributed by atoms with Crippen molar-refractivity contribution in [2.45, 2.75) is 13.2 Å². The Morgan fingerprint density at radius 3 is 2.83 bits per heavy atom. The van der Waals surface area contributed by atoms with E-state index in [2.05, 4.69) is 10.3 Å². The molecule has 0 aliphatic carbocycles. The molecular formula is C14H15FN2O. The zero-order valence-electron chi connectivity index (χ0n) is 10.2. The maximum atomic E-state index is 13.4. The van der Waals surface area contributed by atoms with Gasteiger partial charge in [0.15, 0.2) is 0 Å². The van der Waals surface area contributed by atoms with E-state index in [1.54, 1.807) is 36.7 Å². The molecule has 1 aromatic heterocycles. The van der Waals surface area contributed by atoms with Crippen LogP contribution in [0.3, 0.4) is 0 Å². The van der Waals surface area contributed by atoms with Crippen molar-refractivity contribution in [1.29, 1.82) is 0 Å². The first-order valence-electron chi connectivity index (χ1n) is 5.75. The predicted octanol–water partition coefficient (Wildman–Crippen LogP) is 2.52. The van der Waals surface area contributed by atoms with E-state index < -0.39 is 0 Å². The number of nitrogens with zero attached hydrogens (tertiary/aromatic N) is 1. The van der Waals surface area contributed by atoms with Crippen LogP contribution in [-0.4, -0.2) is 12.0 Å². The SMILES string of the molecule is CNCc1cnccc1OCc1ccccc1F. The molecule has 94 valence electrons. The highest BCUT2D eigenvalue weighted by Crippen LogP contribution is 2.18. The van der Waals surface area contributed by atoms with Crippen LogP contribution in [0.1, 0.15) is 11.1 Å². The summed E-state index contributed by atoms with van der Waals surface area (Å²) in [6, 6.07) is 8.39. The predicted molar refractivity (Wildman–Crippen MR) is 67.7 cm³/mol. The molecule has 1 N–H and O–H groups in total. The number of aromatic nitrogens is 1. The zero-order valence-corrected chi connectivity index (χ0v) is 10.2. The van der Waals surface area contributed by atoms with Crippen LogP contribution in [0.15, 0.2) is 42.7 Å². The first-order valence-corrected chi connectivity index (χ1v) is 5.75. The summed E-state index contributed by atoms with van der Waals surface area (Å²) < 4.78 is 19.1. The van der Waals surface area contributed by atoms with Crippen LogP contribution >= 0.6 is 0 Å². The van der Waals surface area contributed by atoms with Gasteiger partial charge < -0.3 is 10.1 Å². The van der Waals surface area contributed by atoms with Crippen molar-refractivity contribution in [3.05, 3.63) is 59.7 Å². The topological polar surface area (TPSA) is 34.2 Å². The molecule has 1 heterocycles. The zero-order chi connectivity index (χ0) is 12.8. The van der Waals surface area contributed by atoms with Crippen LogP contribution in [0, 0.1) is 5.82 Å². The quantitative estimate of drug-likeness (QED) is 0.880. The van der Waals surface area contributed by atoms with Gasteiger partial charge in [-0.1, -0.05) is 18.2 Å². The fourth-order valence-corrected chi connectivity index (χ4v) is 1.65. The van der Waals surface area contributed by atoms with Crippen LogP contribution in [0.25, 0.3) is 0 Å². The van der Waals surface area contributed by atoms with Gasteiger partial charge >= 0.3 is 0 Å². The van der Waals surface area contributed by atoms with E-state index in [0.29, 0.717) is 12.1 Å². The van der Waals surface area contributed by atoms with Crippen molar-refractivity contribution in [3.8, 4) is 5.75 Å². The third-order valence-corrected chi connectivity index (χ3v) is 2.57. The van der Waals surface area contributed by atoms with Gasteiger partial charge in [0.1, 0.15) is 18.2 Å². The third-order valence-electron chi connectivity index (χ3n) is 2.57. The van der Waals surface area contributed by atoms with Crippen molar-refractivity contribution >= 4 is 0 Å². The maximum Gasteiger partial charge on any atom is 0.129 e. The Hall–Kier alpha value is -1.94. The van der Waals surface area contributed by atoms with E-state index in [1.807, 2.05) is 7.05 Å². The molecule has 0 spiro atoms. The summed E-state index contributed by atoms with van der Waals surface area (Å²) in [6.45, 7) is 0.883. The molecule has 0 radical (unpaired) electrons. The second kappa shape index (κ2) is 6.12. The first kappa shape index (κ1) is 12.5. The van der Waals surface area contributed by atoms with Gasteiger partial charge in [-0.05, 0) is 19.2 Å². The van der Waals surface area contributed by atoms with E-state index in [0.717, 1.165) is 11.3 Å². The lowest BCUT2D eigenvalue weighted by molar-refractivity contribution is 0.296. The Balaban J connectivity index is 2.08. The first-order chi connectivity index (χ1) is 8.81. The average Bonchev–Trinajstić information content (AvgIpc) is 2.40. The largest absolute Gasteiger partial charge is 0.488 e. The summed E-state index contributed by atoms with van der Waals surface area (Å²) in [4.78, 5) is 4.04. The van der Waals surface area contributed by atoms with Gasteiger partial charge in [0.2, 0.25) is 0 Å². The molecule has 2 aromatic rings. The molecule has 0 atom stereocenters. The summed E-state index contributed by atoms with van der Waals surface area (Å²) in [6.07, 6.45) is 3.41. The Bertz CT molecular complexity index is 517. The van der Waals surface area contributed by atoms with E-state index in [1.165, 1.54) is 6.07 Å². The summed E-state index contributed by atoms with van der Waals surface area (Å²) in [5.74, 6) is 0.476. The minimum Gasteiger partial charge on any atom is -0.488 e. The molecule has 2 rings (SSSR count). The van der Waals surface area contributed by atoms with Gasteiger partial charge in [0.25, 0.3) is 0 Å². The maximum absolute atomic E-state index is 13.4. The van der Waals surface area contributed by atoms with Crippen LogP contribution in [0.4, 0.5) is 4.39 Å². The minimum atomic E-state index is -0.248. The van der Waals surface area contributed by atoms with Crippen LogP contribution < -0.4 is 10.1 Å². The van der Waals surface area contributed by atoms with E-state index in [4.69, 9.17) is 4.74 Å². The number of pyridine rings is 1. The second-order valence-electron chi connectivity index (χ2n) is 3.89. The fourth-order valence-electron chi connectivity index (χ4n) is 1.65. The third kappa shape index (κ3) is 3.05. The smallest absolute Gasteiger partial charge is 0.129 e. The Labute approximate surface area is 106 Å². The number of ether oxygens (including phenoxy) is 1. The second-order valence-corrected chi connectivity index (χ2v) is 3.89. The molecule has 0 saturated carbocycles. The van der Waals surface area contributed by atoms with E-state index in [-0.39, 0.29) is 12.4 Å². The molecular weight excluding hydrogens is 231 g/mol. The molecule has 1 aromatic carbocycles. The van der Waals surface area contributed by atoms with Gasteiger partial charge in [0.05, 0.1) is 0 Å². The summed E-state index contributed by atoms with van der Waals surface area (Å²) >= 11 is 0. The van der Waals surface area contributed by atoms with Crippen LogP contribution in [0.2, 0.25) is 0 Å². The monoisotopic (exact) mass is 246 g/mol. The van der Waals surface area contributed by atoms with E-state index in [9.17, 15) is 4.39 Å². The van der Waals surface area contributed by atoms with Crippen molar-refractivity contribution in [1.82, 2.24) is 10.3 Å². The van der Waals surface area contributed by atoms with Gasteiger partial charge in [0, 0.05) is 30.1 Å². The summed E-state index contributed by atoms with van der Waals surface area (Å²) in [7, 11) is 1.85. The van der Waals surface area contributed by atoms with Crippen LogP contribution in [-0.2, 0) is 13.2 Å². The Kier molecular flexibility index (Phi) is 4.25. The molecule has 0 amide bonds. The Morgan fingerprint density at radius 1 is 1.22 bits per heavy atom. The number of rotatable bonds is 5. The van der Waals surface area contributed by atoms with Gasteiger partial charge in [-0.2, -0.15) is 0 Å². The Morgan fingerprint density at radius 2 is 2.06 bits per heavy atom. The highest BCUT2D eigenvalue weighted by Gasteiger charge is 2.05. The van der Waals surface area contributed by atoms with Crippen molar-refractivity contribution in [3.63, 3.8) is 0 Å². The molecule has 18 heavy (non-hydrogen) atoms. The lowest BCUT2D eigenvalue weighted by atomic mass is 10.2. The molecule has 0 unspecified atom stereocenters. The molecule has 0 aliphatic heterocycles. The molecule has 0 aliphatic rings. The highest BCUT2D eigenvalue weighted by molar-refractivity contribution is 5.30. The number of benzene rings is 1. The minimum absolute atomic E-state index is 0.216. The lowest BCUT2D eigenvalue weighted by Gasteiger charge is -2.11. The van der Waals surface area contributed by atoms with Gasteiger partial charge in [-0.25, -0.2) is 4.39 Å². The molecule has 3 nitrogen and oxygen atoms in total. The molecule has 4 heteroatoms. The highest BCUT2D eigenvalue weighted by atomic mass is 19.1. The summed E-state index contributed by atoms with van der Waals surface area (Å²) in [5.41, 5.74) is 1.50. The van der Waals surface area contributed by atoms with Crippen molar-refractivity contribution in [2.24, 2.45) is 0 Å². The lowest BCUT2D eigenvalue weighted by Crippen LogP contribution is -2.08.